The molecule has 4 heterocycles. The molecule has 10 rings (SSSR count). The monoisotopic (exact) mass is 874 g/mol. The third-order valence-corrected chi connectivity index (χ3v) is 12.9. The number of sulfone groups is 1. The van der Waals surface area contributed by atoms with Gasteiger partial charge < -0.3 is 10.6 Å². The van der Waals surface area contributed by atoms with E-state index in [1.165, 1.54) is 0 Å². The number of carbonyl (C=O) groups excluding carboxylic acids is 2. The Morgan fingerprint density at radius 2 is 1.10 bits per heavy atom. The van der Waals surface area contributed by atoms with E-state index in [2.05, 4.69) is 50.3 Å². The number of thioether (sulfide) groups is 1. The molecule has 0 spiro atoms. The molecule has 0 radical (unpaired) electrons. The van der Waals surface area contributed by atoms with E-state index >= 15 is 0 Å². The van der Waals surface area contributed by atoms with Gasteiger partial charge in [-0.2, -0.15) is 0 Å². The van der Waals surface area contributed by atoms with Crippen molar-refractivity contribution in [3.8, 4) is 45.0 Å². The van der Waals surface area contributed by atoms with Gasteiger partial charge in [0.1, 0.15) is 5.03 Å². The van der Waals surface area contributed by atoms with E-state index in [0.29, 0.717) is 34.6 Å². The van der Waals surface area contributed by atoms with Gasteiger partial charge in [-0.15, -0.1) is 11.8 Å². The number of nitrogens with one attached hydrogen (secondary N) is 2. The highest BCUT2D eigenvalue weighted by Crippen LogP contribution is 2.32. The first-order chi connectivity index (χ1) is 30.6. The van der Waals surface area contributed by atoms with Crippen LogP contribution in [0.5, 0.6) is 0 Å². The van der Waals surface area contributed by atoms with Crippen LogP contribution < -0.4 is 10.6 Å². The molecule has 12 nitrogen and oxygen atoms in total. The predicted molar refractivity (Wildman–Crippen MR) is 247 cm³/mol. The van der Waals surface area contributed by atoms with E-state index < -0.39 is 9.84 Å². The number of hydrogen-bond acceptors (Lipinski definition) is 9. The standard InChI is InChI=1S/C26H26N4OS.C23H20N4O3S/c1-2-3-15-32-26-24-27-16-23(30(24)17-22(29-26)18-7-5-4-6-8-18)19-9-11-20(12-10-19)25(31)28-21-13-14-21;1-31(29,30)23-21-24-13-20(27(21)14-19(26-23)15-5-3-2-4-6-15)16-7-9-17(10-8-16)22(28)25-18-11-12-18/h4-12,16-17,21H,2-3,13-15H2,1H3,(H,28,31);2-10,13-14,18H,11-12H2,1H3,(H,25,28). The van der Waals surface area contributed by atoms with Crippen LogP contribution in [0, 0.1) is 0 Å². The van der Waals surface area contributed by atoms with Gasteiger partial charge in [-0.25, -0.2) is 28.4 Å². The Hall–Kier alpha value is -6.64. The molecule has 4 aromatic carbocycles. The summed E-state index contributed by atoms with van der Waals surface area (Å²) < 4.78 is 28.7. The second-order valence-corrected chi connectivity index (χ2v) is 18.9. The van der Waals surface area contributed by atoms with Gasteiger partial charge in [0, 0.05) is 64.1 Å². The maximum Gasteiger partial charge on any atom is 0.251 e. The van der Waals surface area contributed by atoms with Gasteiger partial charge in [0.15, 0.2) is 26.2 Å². The number of imidazole rings is 2. The summed E-state index contributed by atoms with van der Waals surface area (Å²) in [5.41, 5.74) is 9.33. The zero-order chi connectivity index (χ0) is 43.5. The molecule has 2 aliphatic carbocycles. The second kappa shape index (κ2) is 18.0. The summed E-state index contributed by atoms with van der Waals surface area (Å²) in [5.74, 6) is 0.939. The van der Waals surface area contributed by atoms with Crippen molar-refractivity contribution in [2.24, 2.45) is 0 Å². The number of aromatic nitrogens is 6. The number of rotatable bonds is 13. The SMILES string of the molecule is CCCCSc1nc(-c2ccccc2)cn2c(-c3ccc(C(=O)NC4CC4)cc3)cnc12.CS(=O)(=O)c1nc(-c2ccccc2)cn2c(-c3ccc(C(=O)NC4CC4)cc3)cnc12. The van der Waals surface area contributed by atoms with Gasteiger partial charge in [0.25, 0.3) is 11.8 Å². The van der Waals surface area contributed by atoms with Gasteiger partial charge in [-0.05, 0) is 62.1 Å². The second-order valence-electron chi connectivity index (χ2n) is 15.9. The molecule has 63 heavy (non-hydrogen) atoms. The van der Waals surface area contributed by atoms with Crippen LogP contribution in [0.4, 0.5) is 0 Å². The van der Waals surface area contributed by atoms with Crippen molar-refractivity contribution in [3.63, 3.8) is 0 Å². The third kappa shape index (κ3) is 9.57. The average molecular weight is 875 g/mol. The van der Waals surface area contributed by atoms with Crippen molar-refractivity contribution in [2.75, 3.05) is 12.0 Å². The van der Waals surface area contributed by atoms with Gasteiger partial charge in [-0.3, -0.25) is 18.4 Å². The number of unbranched alkanes of at least 4 members (excludes halogenated alkanes) is 1. The molecule has 2 fully saturated rings. The normalized spacial score (nSPS) is 13.7. The Balaban J connectivity index is 0.000000160. The van der Waals surface area contributed by atoms with Gasteiger partial charge >= 0.3 is 0 Å². The lowest BCUT2D eigenvalue weighted by atomic mass is 10.1. The fraction of sp³-hybridized carbons (Fsp3) is 0.224. The molecule has 0 bridgehead atoms. The molecule has 0 unspecified atom stereocenters. The average Bonchev–Trinajstić information content (AvgIpc) is 4.23. The topological polar surface area (TPSA) is 153 Å². The molecule has 2 amide bonds. The molecular formula is C49H46N8O4S2. The quantitative estimate of drug-likeness (QED) is 0.0853. The van der Waals surface area contributed by atoms with Crippen LogP contribution in [0.1, 0.15) is 66.2 Å². The van der Waals surface area contributed by atoms with Crippen molar-refractivity contribution in [3.05, 3.63) is 145 Å². The Kier molecular flexibility index (Phi) is 11.9. The maximum absolute atomic E-state index is 12.4. The Morgan fingerprint density at radius 3 is 1.56 bits per heavy atom. The molecular weight excluding hydrogens is 829 g/mol. The Bertz CT molecular complexity index is 3040. The fourth-order valence-electron chi connectivity index (χ4n) is 7.08. The van der Waals surface area contributed by atoms with Crippen molar-refractivity contribution < 1.29 is 18.0 Å². The summed E-state index contributed by atoms with van der Waals surface area (Å²) in [6, 6.07) is 35.3. The van der Waals surface area contributed by atoms with Crippen LogP contribution in [0.25, 0.3) is 56.3 Å². The summed E-state index contributed by atoms with van der Waals surface area (Å²) in [7, 11) is -3.60. The van der Waals surface area contributed by atoms with Crippen LogP contribution in [0.15, 0.2) is 144 Å². The number of fused-ring (bicyclic) bond motifs is 2. The minimum atomic E-state index is -3.60. The summed E-state index contributed by atoms with van der Waals surface area (Å²) in [6.07, 6.45) is 15.0. The molecule has 14 heteroatoms. The van der Waals surface area contributed by atoms with Crippen molar-refractivity contribution in [2.45, 2.75) is 67.6 Å². The maximum atomic E-state index is 12.4. The Labute approximate surface area is 370 Å². The number of hydrogen-bond donors (Lipinski definition) is 2. The molecule has 2 saturated carbocycles. The number of amides is 2. The lowest BCUT2D eigenvalue weighted by molar-refractivity contribution is 0.0942. The van der Waals surface area contributed by atoms with Gasteiger partial charge in [0.05, 0.1) is 35.2 Å². The van der Waals surface area contributed by atoms with Crippen molar-refractivity contribution in [1.82, 2.24) is 39.4 Å². The van der Waals surface area contributed by atoms with Gasteiger partial charge in [-0.1, -0.05) is 98.3 Å². The first kappa shape index (κ1) is 41.7. The van der Waals surface area contributed by atoms with Gasteiger partial charge in [0.2, 0.25) is 0 Å². The molecule has 2 aliphatic rings. The van der Waals surface area contributed by atoms with E-state index in [1.807, 2.05) is 91.1 Å². The number of nitrogens with zero attached hydrogens (tertiary/aromatic N) is 6. The van der Waals surface area contributed by atoms with E-state index in [0.717, 1.165) is 94.8 Å². The zero-order valence-corrected chi connectivity index (χ0v) is 36.6. The van der Waals surface area contributed by atoms with E-state index in [4.69, 9.17) is 9.97 Å². The minimum Gasteiger partial charge on any atom is -0.349 e. The lowest BCUT2D eigenvalue weighted by Gasteiger charge is -2.10. The van der Waals surface area contributed by atoms with E-state index in [-0.39, 0.29) is 22.5 Å². The molecule has 8 aromatic rings. The highest BCUT2D eigenvalue weighted by atomic mass is 32.2. The summed E-state index contributed by atoms with van der Waals surface area (Å²) >= 11 is 1.76. The lowest BCUT2D eigenvalue weighted by Crippen LogP contribution is -2.25. The molecule has 4 aromatic heterocycles. The molecule has 0 aliphatic heterocycles. The molecule has 0 saturated heterocycles. The van der Waals surface area contributed by atoms with Crippen LogP contribution in [0.3, 0.4) is 0 Å². The minimum absolute atomic E-state index is 0.00219. The third-order valence-electron chi connectivity index (χ3n) is 10.9. The van der Waals surface area contributed by atoms with E-state index in [1.54, 1.807) is 40.7 Å². The van der Waals surface area contributed by atoms with Crippen LogP contribution in [-0.2, 0) is 9.84 Å². The fourth-order valence-corrected chi connectivity index (χ4v) is 8.90. The summed E-state index contributed by atoms with van der Waals surface area (Å²) in [4.78, 5) is 43.0. The van der Waals surface area contributed by atoms with Crippen molar-refractivity contribution in [1.29, 1.82) is 0 Å². The van der Waals surface area contributed by atoms with Crippen molar-refractivity contribution >= 4 is 44.7 Å². The number of benzene rings is 4. The predicted octanol–water partition coefficient (Wildman–Crippen LogP) is 9.21. The number of carbonyl (C=O) groups is 2. The van der Waals surface area contributed by atoms with Crippen LogP contribution >= 0.6 is 11.8 Å². The summed E-state index contributed by atoms with van der Waals surface area (Å²) in [5, 5.41) is 6.90. The highest BCUT2D eigenvalue weighted by Gasteiger charge is 2.25. The Morgan fingerprint density at radius 1 is 0.635 bits per heavy atom. The van der Waals surface area contributed by atoms with Crippen LogP contribution in [0.2, 0.25) is 0 Å². The first-order valence-electron chi connectivity index (χ1n) is 21.2. The molecule has 0 atom stereocenters. The van der Waals surface area contributed by atoms with Crippen LogP contribution in [-0.4, -0.2) is 73.1 Å². The smallest absolute Gasteiger partial charge is 0.251 e. The summed E-state index contributed by atoms with van der Waals surface area (Å²) in [6.45, 7) is 2.20. The highest BCUT2D eigenvalue weighted by molar-refractivity contribution is 7.99. The largest absolute Gasteiger partial charge is 0.349 e. The molecule has 318 valence electrons. The first-order valence-corrected chi connectivity index (χ1v) is 24.0. The zero-order valence-electron chi connectivity index (χ0n) is 34.9. The molecule has 2 N–H and O–H groups in total. The van der Waals surface area contributed by atoms with E-state index in [9.17, 15) is 18.0 Å².